The molecule has 1 N–H and O–H groups in total. The number of hydrogen-bond acceptors (Lipinski definition) is 4. The fourth-order valence-electron chi connectivity index (χ4n) is 3.91. The molecule has 3 rings (SSSR count). The predicted octanol–water partition coefficient (Wildman–Crippen LogP) is 8.90. The quantitative estimate of drug-likeness (QED) is 0.109. The second kappa shape index (κ2) is 17.2. The van der Waals surface area contributed by atoms with Gasteiger partial charge in [-0.2, -0.15) is 0 Å². The van der Waals surface area contributed by atoms with Crippen molar-refractivity contribution in [2.24, 2.45) is 0 Å². The van der Waals surface area contributed by atoms with Crippen molar-refractivity contribution in [3.05, 3.63) is 113 Å². The van der Waals surface area contributed by atoms with Gasteiger partial charge >= 0.3 is 5.63 Å². The van der Waals surface area contributed by atoms with Gasteiger partial charge in [0.2, 0.25) is 0 Å². The summed E-state index contributed by atoms with van der Waals surface area (Å²) in [5.41, 5.74) is 4.18. The summed E-state index contributed by atoms with van der Waals surface area (Å²) in [6.07, 6.45) is 14.3. The second-order valence-corrected chi connectivity index (χ2v) is 9.28. The van der Waals surface area contributed by atoms with Crippen LogP contribution in [0, 0.1) is 0 Å². The van der Waals surface area contributed by atoms with Crippen LogP contribution in [-0.4, -0.2) is 31.1 Å². The Morgan fingerprint density at radius 2 is 1.82 bits per heavy atom. The van der Waals surface area contributed by atoms with E-state index in [1.165, 1.54) is 6.07 Å². The normalized spacial score (nSPS) is 11.8. The van der Waals surface area contributed by atoms with Gasteiger partial charge in [-0.15, -0.1) is 0 Å². The maximum absolute atomic E-state index is 12.1. The maximum Gasteiger partial charge on any atom is 0.338 e. The van der Waals surface area contributed by atoms with E-state index < -0.39 is 0 Å². The fraction of sp³-hybridized carbons (Fsp3) is 0.303. The van der Waals surface area contributed by atoms with E-state index in [0.29, 0.717) is 10.6 Å². The highest BCUT2D eigenvalue weighted by atomic mass is 35.5. The molecule has 0 saturated heterocycles. The summed E-state index contributed by atoms with van der Waals surface area (Å²) in [4.78, 5) is 14.5. The summed E-state index contributed by atoms with van der Waals surface area (Å²) in [5.74, 6) is 0. The molecule has 0 atom stereocenters. The molecule has 1 aromatic heterocycles. The lowest BCUT2D eigenvalue weighted by Gasteiger charge is -2.20. The Kier molecular flexibility index (Phi) is 14.0. The van der Waals surface area contributed by atoms with Gasteiger partial charge in [-0.1, -0.05) is 79.8 Å². The van der Waals surface area contributed by atoms with Crippen LogP contribution in [0.15, 0.2) is 106 Å². The topological polar surface area (TPSA) is 45.5 Å². The molecule has 0 aliphatic carbocycles. The van der Waals surface area contributed by atoms with Crippen LogP contribution in [0.1, 0.15) is 40.5 Å². The number of hydrogen-bond donors (Lipinski definition) is 1. The predicted molar refractivity (Wildman–Crippen MR) is 166 cm³/mol. The zero-order valence-corrected chi connectivity index (χ0v) is 23.9. The molecule has 0 radical (unpaired) electrons. The Morgan fingerprint density at radius 1 is 1.05 bits per heavy atom. The van der Waals surface area contributed by atoms with Crippen molar-refractivity contribution in [3.63, 3.8) is 0 Å². The largest absolute Gasteiger partial charge is 0.423 e. The number of rotatable bonds is 12. The minimum absolute atomic E-state index is 0.356. The molecular formula is C33H41ClN2O2. The molecule has 0 spiro atoms. The molecule has 3 aromatic rings. The standard InChI is InChI=1S/C29H33ClN2O2.C4H8/c1-4-16-32(17-8-10-22(5-2)6-3)18-9-15-31-27-21-29(33)34-28-14-13-24(20-26(27)28)23-11-7-12-25(30)19-23;1-3-4-2/h5-8,10-14,19-21,31H,2,4,9,15-18H2,1,3H3;3-4H,1-2H3/b10-8+,22-6+;4-3-. The molecule has 0 unspecified atom stereocenters. The molecule has 0 saturated carbocycles. The Hall–Kier alpha value is -3.34. The number of halogens is 1. The van der Waals surface area contributed by atoms with Crippen LogP contribution in [0.4, 0.5) is 5.69 Å². The average Bonchev–Trinajstić information content (AvgIpc) is 2.93. The minimum Gasteiger partial charge on any atom is -0.423 e. The van der Waals surface area contributed by atoms with E-state index in [0.717, 1.165) is 66.8 Å². The van der Waals surface area contributed by atoms with E-state index in [4.69, 9.17) is 16.0 Å². The van der Waals surface area contributed by atoms with E-state index in [1.807, 2.05) is 81.5 Å². The maximum atomic E-state index is 12.1. The molecule has 0 aliphatic heterocycles. The van der Waals surface area contributed by atoms with Crippen molar-refractivity contribution in [3.8, 4) is 11.1 Å². The zero-order valence-electron chi connectivity index (χ0n) is 23.2. The highest BCUT2D eigenvalue weighted by molar-refractivity contribution is 6.30. The average molecular weight is 533 g/mol. The lowest BCUT2D eigenvalue weighted by atomic mass is 10.0. The number of nitrogens with zero attached hydrogens (tertiary/aromatic N) is 1. The Balaban J connectivity index is 0.00000118. The van der Waals surface area contributed by atoms with Crippen molar-refractivity contribution in [2.45, 2.75) is 40.5 Å². The van der Waals surface area contributed by atoms with Crippen molar-refractivity contribution >= 4 is 28.3 Å². The smallest absolute Gasteiger partial charge is 0.338 e. The number of nitrogens with one attached hydrogen (secondary N) is 1. The number of benzene rings is 2. The van der Waals surface area contributed by atoms with Gasteiger partial charge in [0.1, 0.15) is 5.58 Å². The third-order valence-corrected chi connectivity index (χ3v) is 6.22. The highest BCUT2D eigenvalue weighted by Crippen LogP contribution is 2.29. The first kappa shape index (κ1) is 30.9. The molecule has 0 fully saturated rings. The van der Waals surface area contributed by atoms with E-state index in [-0.39, 0.29) is 5.63 Å². The molecule has 202 valence electrons. The lowest BCUT2D eigenvalue weighted by Crippen LogP contribution is -2.27. The van der Waals surface area contributed by atoms with Gasteiger partial charge in [0.15, 0.2) is 0 Å². The first-order valence-electron chi connectivity index (χ1n) is 13.3. The molecule has 0 aliphatic rings. The fourth-order valence-corrected chi connectivity index (χ4v) is 4.10. The van der Waals surface area contributed by atoms with Crippen LogP contribution < -0.4 is 10.9 Å². The van der Waals surface area contributed by atoms with Gasteiger partial charge in [0.05, 0.1) is 5.69 Å². The first-order chi connectivity index (χ1) is 18.4. The van der Waals surface area contributed by atoms with E-state index >= 15 is 0 Å². The first-order valence-corrected chi connectivity index (χ1v) is 13.7. The van der Waals surface area contributed by atoms with Crippen LogP contribution in [0.3, 0.4) is 0 Å². The summed E-state index contributed by atoms with van der Waals surface area (Å²) < 4.78 is 5.43. The van der Waals surface area contributed by atoms with E-state index in [2.05, 4.69) is 41.9 Å². The van der Waals surface area contributed by atoms with Crippen molar-refractivity contribution < 1.29 is 4.42 Å². The molecule has 0 amide bonds. The third-order valence-electron chi connectivity index (χ3n) is 5.98. The van der Waals surface area contributed by atoms with E-state index in [1.54, 1.807) is 0 Å². The van der Waals surface area contributed by atoms with E-state index in [9.17, 15) is 4.79 Å². The zero-order chi connectivity index (χ0) is 27.8. The SMILES string of the molecule is C/C=C\C.C=CC(/C=C/CN(CCC)CCCNc1cc(=O)oc2ccc(-c3cccc(Cl)c3)cc12)=C\C. The second-order valence-electron chi connectivity index (χ2n) is 8.84. The van der Waals surface area contributed by atoms with Gasteiger partial charge in [0.25, 0.3) is 0 Å². The van der Waals surface area contributed by atoms with Crippen molar-refractivity contribution in [1.29, 1.82) is 0 Å². The Labute approximate surface area is 233 Å². The van der Waals surface area contributed by atoms with Crippen LogP contribution >= 0.6 is 11.6 Å². The summed E-state index contributed by atoms with van der Waals surface area (Å²) in [6.45, 7) is 15.7. The van der Waals surface area contributed by atoms with Crippen molar-refractivity contribution in [2.75, 3.05) is 31.5 Å². The molecule has 1 heterocycles. The Morgan fingerprint density at radius 3 is 2.47 bits per heavy atom. The van der Waals surface area contributed by atoms with Gasteiger partial charge in [-0.3, -0.25) is 4.90 Å². The van der Waals surface area contributed by atoms with Crippen LogP contribution in [0.2, 0.25) is 5.02 Å². The monoisotopic (exact) mass is 532 g/mol. The summed E-state index contributed by atoms with van der Waals surface area (Å²) in [6, 6.07) is 15.1. The molecule has 5 heteroatoms. The van der Waals surface area contributed by atoms with Gasteiger partial charge in [0, 0.05) is 36.1 Å². The van der Waals surface area contributed by atoms with Gasteiger partial charge < -0.3 is 9.73 Å². The molecule has 38 heavy (non-hydrogen) atoms. The van der Waals surface area contributed by atoms with Crippen LogP contribution in [-0.2, 0) is 0 Å². The highest BCUT2D eigenvalue weighted by Gasteiger charge is 2.09. The van der Waals surface area contributed by atoms with Crippen LogP contribution in [0.25, 0.3) is 22.1 Å². The number of fused-ring (bicyclic) bond motifs is 1. The Bertz CT molecular complexity index is 1300. The molecular weight excluding hydrogens is 492 g/mol. The third kappa shape index (κ3) is 10.2. The van der Waals surface area contributed by atoms with Crippen LogP contribution in [0.5, 0.6) is 0 Å². The summed E-state index contributed by atoms with van der Waals surface area (Å²) in [7, 11) is 0. The number of allylic oxidation sites excluding steroid dienone is 6. The lowest BCUT2D eigenvalue weighted by molar-refractivity contribution is 0.302. The molecule has 2 aromatic carbocycles. The van der Waals surface area contributed by atoms with Gasteiger partial charge in [-0.25, -0.2) is 4.79 Å². The number of anilines is 1. The summed E-state index contributed by atoms with van der Waals surface area (Å²) >= 11 is 6.17. The molecule has 4 nitrogen and oxygen atoms in total. The van der Waals surface area contributed by atoms with Gasteiger partial charge in [-0.05, 0) is 81.1 Å². The van der Waals surface area contributed by atoms with Crippen molar-refractivity contribution in [1.82, 2.24) is 4.90 Å². The summed E-state index contributed by atoms with van der Waals surface area (Å²) in [5, 5.41) is 5.03. The minimum atomic E-state index is -0.356. The molecule has 0 bridgehead atoms.